The van der Waals surface area contributed by atoms with E-state index in [0.717, 1.165) is 11.8 Å². The molecule has 1 heterocycles. The van der Waals surface area contributed by atoms with E-state index >= 15 is 0 Å². The van der Waals surface area contributed by atoms with Crippen molar-refractivity contribution in [3.8, 4) is 0 Å². The summed E-state index contributed by atoms with van der Waals surface area (Å²) in [6, 6.07) is 0. The lowest BCUT2D eigenvalue weighted by atomic mass is 9.89. The number of hydrogen-bond donors (Lipinski definition) is 0. The Morgan fingerprint density at radius 2 is 2.58 bits per heavy atom. The van der Waals surface area contributed by atoms with Crippen molar-refractivity contribution in [2.24, 2.45) is 5.41 Å². The van der Waals surface area contributed by atoms with Crippen molar-refractivity contribution >= 4 is 27.3 Å². The molecule has 0 amide bonds. The van der Waals surface area contributed by atoms with E-state index in [1.807, 2.05) is 17.8 Å². The maximum atomic E-state index is 4.04. The Morgan fingerprint density at radius 1 is 1.83 bits per heavy atom. The van der Waals surface area contributed by atoms with Gasteiger partial charge in [0.15, 0.2) is 0 Å². The summed E-state index contributed by atoms with van der Waals surface area (Å²) in [7, 11) is 0. The van der Waals surface area contributed by atoms with Crippen LogP contribution < -0.4 is 0 Å². The monoisotopic (exact) mass is 245 g/mol. The lowest BCUT2D eigenvalue weighted by Gasteiger charge is -2.21. The van der Waals surface area contributed by atoms with Gasteiger partial charge in [0.2, 0.25) is 0 Å². The van der Waals surface area contributed by atoms with Crippen molar-refractivity contribution in [3.05, 3.63) is 29.2 Å². The Kier molecular flexibility index (Phi) is 3.47. The van der Waals surface area contributed by atoms with E-state index in [-0.39, 0.29) is 5.41 Å². The number of alkyl halides is 1. The summed E-state index contributed by atoms with van der Waals surface area (Å²) in [6.07, 6.45) is 4.95. The van der Waals surface area contributed by atoms with Crippen LogP contribution in [0, 0.1) is 5.41 Å². The quantitative estimate of drug-likeness (QED) is 0.587. The van der Waals surface area contributed by atoms with Gasteiger partial charge in [-0.05, 0) is 11.8 Å². The Balaban J connectivity index is 2.66. The summed E-state index contributed by atoms with van der Waals surface area (Å²) >= 11 is 5.19. The highest BCUT2D eigenvalue weighted by Gasteiger charge is 2.19. The molecule has 0 aliphatic heterocycles. The minimum absolute atomic E-state index is 0.159. The first-order valence-electron chi connectivity index (χ1n) is 3.77. The molecule has 1 atom stereocenters. The molecule has 1 aromatic rings. The van der Waals surface area contributed by atoms with E-state index in [9.17, 15) is 0 Å². The van der Waals surface area contributed by atoms with Gasteiger partial charge in [-0.15, -0.1) is 17.9 Å². The topological polar surface area (TPSA) is 12.9 Å². The van der Waals surface area contributed by atoms with Gasteiger partial charge in [-0.3, -0.25) is 4.98 Å². The van der Waals surface area contributed by atoms with Crippen LogP contribution in [0.1, 0.15) is 11.8 Å². The van der Waals surface area contributed by atoms with Gasteiger partial charge in [0, 0.05) is 16.4 Å². The highest BCUT2D eigenvalue weighted by Crippen LogP contribution is 2.27. The second-order valence-corrected chi connectivity index (χ2v) is 4.67. The fraction of sp³-hybridized carbons (Fsp3) is 0.444. The van der Waals surface area contributed by atoms with E-state index in [0.29, 0.717) is 0 Å². The number of hydrogen-bond acceptors (Lipinski definition) is 2. The zero-order valence-electron chi connectivity index (χ0n) is 7.09. The number of thiazole rings is 1. The molecule has 0 aliphatic carbocycles. The number of nitrogens with zero attached hydrogens (tertiary/aromatic N) is 1. The highest BCUT2D eigenvalue weighted by atomic mass is 79.9. The lowest BCUT2D eigenvalue weighted by Crippen LogP contribution is -2.17. The highest BCUT2D eigenvalue weighted by molar-refractivity contribution is 9.09. The molecule has 0 spiro atoms. The summed E-state index contributed by atoms with van der Waals surface area (Å²) in [6.45, 7) is 6.03. The number of allylic oxidation sites excluding steroid dienone is 1. The van der Waals surface area contributed by atoms with Crippen molar-refractivity contribution in [1.29, 1.82) is 0 Å². The van der Waals surface area contributed by atoms with Crippen LogP contribution in [0.2, 0.25) is 0 Å². The van der Waals surface area contributed by atoms with Crippen LogP contribution in [-0.4, -0.2) is 10.3 Å². The maximum absolute atomic E-state index is 4.04. The summed E-state index contributed by atoms with van der Waals surface area (Å²) in [5.74, 6) is 0. The molecule has 1 aromatic heterocycles. The third kappa shape index (κ3) is 2.42. The van der Waals surface area contributed by atoms with Gasteiger partial charge in [0.25, 0.3) is 0 Å². The second-order valence-electron chi connectivity index (χ2n) is 3.14. The van der Waals surface area contributed by atoms with Gasteiger partial charge in [0.1, 0.15) is 0 Å². The van der Waals surface area contributed by atoms with Crippen molar-refractivity contribution in [3.63, 3.8) is 0 Å². The van der Waals surface area contributed by atoms with Gasteiger partial charge in [-0.25, -0.2) is 0 Å². The maximum Gasteiger partial charge on any atom is 0.0794 e. The van der Waals surface area contributed by atoms with E-state index < -0.39 is 0 Å². The van der Waals surface area contributed by atoms with E-state index in [4.69, 9.17) is 0 Å². The van der Waals surface area contributed by atoms with Crippen LogP contribution in [0.4, 0.5) is 0 Å². The largest absolute Gasteiger partial charge is 0.253 e. The molecule has 12 heavy (non-hydrogen) atoms. The third-order valence-corrected chi connectivity index (χ3v) is 3.92. The average Bonchev–Trinajstić information content (AvgIpc) is 2.57. The molecule has 0 aromatic carbocycles. The average molecular weight is 246 g/mol. The number of aromatic nitrogens is 1. The molecule has 0 fully saturated rings. The first-order chi connectivity index (χ1) is 5.70. The summed E-state index contributed by atoms with van der Waals surface area (Å²) in [5.41, 5.74) is 2.03. The Hall–Kier alpha value is -0.150. The minimum Gasteiger partial charge on any atom is -0.253 e. The van der Waals surface area contributed by atoms with Gasteiger partial charge in [-0.1, -0.05) is 28.9 Å². The zero-order valence-corrected chi connectivity index (χ0v) is 9.49. The normalized spacial score (nSPS) is 15.5. The van der Waals surface area contributed by atoms with Crippen LogP contribution >= 0.6 is 27.3 Å². The molecule has 66 valence electrons. The molecule has 0 saturated carbocycles. The molecule has 1 unspecified atom stereocenters. The van der Waals surface area contributed by atoms with Gasteiger partial charge in [0.05, 0.1) is 5.51 Å². The fourth-order valence-corrected chi connectivity index (χ4v) is 2.12. The van der Waals surface area contributed by atoms with Gasteiger partial charge < -0.3 is 0 Å². The Morgan fingerprint density at radius 3 is 3.00 bits per heavy atom. The summed E-state index contributed by atoms with van der Waals surface area (Å²) in [5, 5.41) is 0.946. The molecule has 0 radical (unpaired) electrons. The lowest BCUT2D eigenvalue weighted by molar-refractivity contribution is 0.497. The van der Waals surface area contributed by atoms with Crippen LogP contribution in [0.3, 0.4) is 0 Å². The van der Waals surface area contributed by atoms with Crippen LogP contribution in [0.25, 0.3) is 0 Å². The second kappa shape index (κ2) is 4.19. The Bertz CT molecular complexity index is 245. The first-order valence-corrected chi connectivity index (χ1v) is 5.77. The first kappa shape index (κ1) is 9.93. The van der Waals surface area contributed by atoms with Crippen LogP contribution in [0.5, 0.6) is 0 Å². The van der Waals surface area contributed by atoms with Crippen molar-refractivity contribution < 1.29 is 0 Å². The molecule has 0 N–H and O–H groups in total. The van der Waals surface area contributed by atoms with E-state index in [1.165, 1.54) is 4.88 Å². The molecule has 1 rings (SSSR count). The third-order valence-electron chi connectivity index (χ3n) is 1.86. The van der Waals surface area contributed by atoms with Gasteiger partial charge >= 0.3 is 0 Å². The van der Waals surface area contributed by atoms with E-state index in [1.54, 1.807) is 11.3 Å². The molecule has 3 heteroatoms. The predicted octanol–water partition coefficient (Wildman–Crippen LogP) is 3.27. The fourth-order valence-electron chi connectivity index (χ4n) is 0.901. The Labute approximate surface area is 85.7 Å². The molecule has 0 saturated heterocycles. The van der Waals surface area contributed by atoms with Crippen molar-refractivity contribution in [1.82, 2.24) is 4.98 Å². The molecule has 0 bridgehead atoms. The molecule has 1 nitrogen and oxygen atoms in total. The van der Waals surface area contributed by atoms with Gasteiger partial charge in [-0.2, -0.15) is 0 Å². The zero-order chi connectivity index (χ0) is 9.03. The molecular formula is C9H12BrNS. The minimum atomic E-state index is 0.159. The van der Waals surface area contributed by atoms with Crippen LogP contribution in [-0.2, 0) is 6.42 Å². The van der Waals surface area contributed by atoms with Crippen molar-refractivity contribution in [2.75, 3.05) is 5.33 Å². The van der Waals surface area contributed by atoms with Crippen LogP contribution in [0.15, 0.2) is 24.4 Å². The summed E-state index contributed by atoms with van der Waals surface area (Å²) < 4.78 is 0. The predicted molar refractivity (Wildman–Crippen MR) is 57.9 cm³/mol. The standard InChI is InChI=1S/C9H12BrNS/c1-3-9(2,6-10)4-8-5-11-7-12-8/h3,5,7H,1,4,6H2,2H3. The number of rotatable bonds is 4. The summed E-state index contributed by atoms with van der Waals surface area (Å²) in [4.78, 5) is 5.36. The number of halogens is 1. The smallest absolute Gasteiger partial charge is 0.0794 e. The SMILES string of the molecule is C=CC(C)(CBr)Cc1cncs1. The van der Waals surface area contributed by atoms with Crippen molar-refractivity contribution in [2.45, 2.75) is 13.3 Å². The molecule has 0 aliphatic rings. The van der Waals surface area contributed by atoms with E-state index in [2.05, 4.69) is 34.4 Å². The molecular weight excluding hydrogens is 234 g/mol.